The molecule has 5 aromatic rings. The van der Waals surface area contributed by atoms with Gasteiger partial charge in [0.2, 0.25) is 0 Å². The van der Waals surface area contributed by atoms with Crippen molar-refractivity contribution >= 4 is 21.9 Å². The Balaban J connectivity index is 1.64. The summed E-state index contributed by atoms with van der Waals surface area (Å²) in [7, 11) is 0. The molecule has 29 heavy (non-hydrogen) atoms. The minimum absolute atomic E-state index is 0.126. The van der Waals surface area contributed by atoms with Crippen molar-refractivity contribution in [2.75, 3.05) is 0 Å². The van der Waals surface area contributed by atoms with Crippen molar-refractivity contribution < 1.29 is 7.16 Å². The summed E-state index contributed by atoms with van der Waals surface area (Å²) in [6.45, 7) is 3.79. The summed E-state index contributed by atoms with van der Waals surface area (Å²) < 4.78 is 22.9. The summed E-state index contributed by atoms with van der Waals surface area (Å²) >= 11 is 0. The van der Waals surface area contributed by atoms with Gasteiger partial charge < -0.3 is 4.42 Å². The molecule has 0 bridgehead atoms. The second-order valence-electron chi connectivity index (χ2n) is 7.62. The van der Waals surface area contributed by atoms with Crippen LogP contribution in [0.4, 0.5) is 0 Å². The molecule has 3 aromatic carbocycles. The molecule has 0 atom stereocenters. The van der Waals surface area contributed by atoms with Crippen LogP contribution in [0.1, 0.15) is 22.2 Å². The molecular formula is C27H23NO. The van der Waals surface area contributed by atoms with Gasteiger partial charge >= 0.3 is 0 Å². The topological polar surface area (TPSA) is 26.0 Å². The maximum atomic E-state index is 8.42. The van der Waals surface area contributed by atoms with Crippen LogP contribution >= 0.6 is 0 Å². The van der Waals surface area contributed by atoms with E-state index in [1.165, 1.54) is 5.56 Å². The first kappa shape index (κ1) is 15.5. The minimum Gasteiger partial charge on any atom is -0.456 e. The Kier molecular flexibility index (Phi) is 3.86. The number of fused-ring (bicyclic) bond motifs is 3. The quantitative estimate of drug-likeness (QED) is 0.323. The van der Waals surface area contributed by atoms with E-state index in [2.05, 4.69) is 35.3 Å². The maximum Gasteiger partial charge on any atom is 0.135 e. The highest BCUT2D eigenvalue weighted by Gasteiger charge is 2.11. The molecule has 0 unspecified atom stereocenters. The molecule has 0 aliphatic rings. The van der Waals surface area contributed by atoms with Crippen molar-refractivity contribution in [1.29, 1.82) is 0 Å². The first-order valence-corrected chi connectivity index (χ1v) is 9.92. The third kappa shape index (κ3) is 3.42. The van der Waals surface area contributed by atoms with Crippen LogP contribution in [0, 0.1) is 5.92 Å². The van der Waals surface area contributed by atoms with E-state index in [1.54, 1.807) is 12.3 Å². The molecular weight excluding hydrogens is 354 g/mol. The zero-order valence-electron chi connectivity index (χ0n) is 18.5. The standard InChI is InChI=1S/C27H23NO/c1-18(2)14-19-12-13-28-25(15-19)22-9-11-27-24(17-22)23-16-21(8-10-26(23)29-27)20-6-4-3-5-7-20/h3-13,15-18H,14H2,1-2H3/i14D2. The number of hydrogen-bond acceptors (Lipinski definition) is 2. The van der Waals surface area contributed by atoms with Gasteiger partial charge in [0.1, 0.15) is 11.2 Å². The van der Waals surface area contributed by atoms with Gasteiger partial charge in [0.25, 0.3) is 0 Å². The molecule has 0 radical (unpaired) electrons. The lowest BCUT2D eigenvalue weighted by Crippen LogP contribution is -1.95. The van der Waals surface area contributed by atoms with Crippen LogP contribution in [0.3, 0.4) is 0 Å². The first-order valence-electron chi connectivity index (χ1n) is 10.9. The van der Waals surface area contributed by atoms with E-state index < -0.39 is 6.37 Å². The molecule has 0 saturated carbocycles. The van der Waals surface area contributed by atoms with Gasteiger partial charge in [-0.1, -0.05) is 50.2 Å². The van der Waals surface area contributed by atoms with Crippen molar-refractivity contribution in [1.82, 2.24) is 4.98 Å². The summed E-state index contributed by atoms with van der Waals surface area (Å²) in [5.74, 6) is -0.126. The third-order valence-electron chi connectivity index (χ3n) is 5.09. The van der Waals surface area contributed by atoms with Crippen LogP contribution in [-0.2, 0) is 6.37 Å². The van der Waals surface area contributed by atoms with Crippen molar-refractivity contribution in [3.63, 3.8) is 0 Å². The molecule has 0 spiro atoms. The van der Waals surface area contributed by atoms with Crippen molar-refractivity contribution in [3.8, 4) is 22.4 Å². The number of rotatable bonds is 4. The number of benzene rings is 3. The predicted molar refractivity (Wildman–Crippen MR) is 121 cm³/mol. The third-order valence-corrected chi connectivity index (χ3v) is 5.09. The number of aromatic nitrogens is 1. The van der Waals surface area contributed by atoms with E-state index >= 15 is 0 Å². The lowest BCUT2D eigenvalue weighted by Gasteiger charge is -2.07. The normalized spacial score (nSPS) is 13.1. The molecule has 2 aromatic heterocycles. The maximum absolute atomic E-state index is 8.42. The van der Waals surface area contributed by atoms with E-state index in [-0.39, 0.29) is 5.92 Å². The second-order valence-corrected chi connectivity index (χ2v) is 7.62. The smallest absolute Gasteiger partial charge is 0.135 e. The largest absolute Gasteiger partial charge is 0.456 e. The summed E-state index contributed by atoms with van der Waals surface area (Å²) in [5, 5.41) is 2.09. The fourth-order valence-corrected chi connectivity index (χ4v) is 3.76. The molecule has 2 nitrogen and oxygen atoms in total. The van der Waals surface area contributed by atoms with E-state index in [0.717, 1.165) is 38.8 Å². The average molecular weight is 379 g/mol. The Morgan fingerprint density at radius 3 is 2.21 bits per heavy atom. The Morgan fingerprint density at radius 2 is 1.48 bits per heavy atom. The van der Waals surface area contributed by atoms with Gasteiger partial charge in [0.05, 0.1) is 5.69 Å². The molecule has 0 aliphatic heterocycles. The SMILES string of the molecule is [2H]C([2H])(c1ccnc(-c2ccc3oc4ccc(-c5ccccc5)cc4c3c2)c1)C(C)C. The molecule has 142 valence electrons. The van der Waals surface area contributed by atoms with E-state index in [4.69, 9.17) is 7.16 Å². The van der Waals surface area contributed by atoms with Gasteiger partial charge in [0, 0.05) is 25.3 Å². The van der Waals surface area contributed by atoms with Crippen LogP contribution in [0.5, 0.6) is 0 Å². The fraction of sp³-hybridized carbons (Fsp3) is 0.148. The Hall–Kier alpha value is -3.39. The molecule has 0 fully saturated rings. The van der Waals surface area contributed by atoms with Crippen LogP contribution in [0.25, 0.3) is 44.3 Å². The summed E-state index contributed by atoms with van der Waals surface area (Å²) in [6.07, 6.45) is 0.283. The monoisotopic (exact) mass is 379 g/mol. The zero-order valence-corrected chi connectivity index (χ0v) is 16.5. The van der Waals surface area contributed by atoms with Crippen molar-refractivity contribution in [2.45, 2.75) is 20.2 Å². The lowest BCUT2D eigenvalue weighted by atomic mass is 10.00. The van der Waals surface area contributed by atoms with Gasteiger partial charge in [0.15, 0.2) is 0 Å². The Labute approximate surface area is 173 Å². The average Bonchev–Trinajstić information content (AvgIpc) is 3.16. The van der Waals surface area contributed by atoms with Crippen LogP contribution in [0.2, 0.25) is 0 Å². The summed E-state index contributed by atoms with van der Waals surface area (Å²) in [5.41, 5.74) is 6.35. The second kappa shape index (κ2) is 7.21. The molecule has 0 N–H and O–H groups in total. The number of hydrogen-bond donors (Lipinski definition) is 0. The highest BCUT2D eigenvalue weighted by Crippen LogP contribution is 2.34. The molecule has 0 aliphatic carbocycles. The predicted octanol–water partition coefficient (Wildman–Crippen LogP) is 7.51. The van der Waals surface area contributed by atoms with E-state index in [0.29, 0.717) is 5.56 Å². The van der Waals surface area contributed by atoms with Gasteiger partial charge in [-0.15, -0.1) is 0 Å². The number of nitrogens with zero attached hydrogens (tertiary/aromatic N) is 1. The van der Waals surface area contributed by atoms with Gasteiger partial charge in [-0.05, 0) is 71.4 Å². The van der Waals surface area contributed by atoms with Crippen LogP contribution < -0.4 is 0 Å². The van der Waals surface area contributed by atoms with Crippen molar-refractivity contribution in [3.05, 3.63) is 90.6 Å². The summed E-state index contributed by atoms with van der Waals surface area (Å²) in [4.78, 5) is 4.52. The highest BCUT2D eigenvalue weighted by molar-refractivity contribution is 6.07. The van der Waals surface area contributed by atoms with Gasteiger partial charge in [-0.25, -0.2) is 0 Å². The molecule has 2 heteroatoms. The minimum atomic E-state index is -1.41. The van der Waals surface area contributed by atoms with Crippen molar-refractivity contribution in [2.24, 2.45) is 5.92 Å². The molecule has 0 saturated heterocycles. The van der Waals surface area contributed by atoms with Crippen LogP contribution in [0.15, 0.2) is 89.5 Å². The fourth-order valence-electron chi connectivity index (χ4n) is 3.76. The lowest BCUT2D eigenvalue weighted by molar-refractivity contribution is 0.647. The number of pyridine rings is 1. The highest BCUT2D eigenvalue weighted by atomic mass is 16.3. The Morgan fingerprint density at radius 1 is 0.793 bits per heavy atom. The van der Waals surface area contributed by atoms with Crippen LogP contribution in [-0.4, -0.2) is 4.98 Å². The number of furan rings is 1. The van der Waals surface area contributed by atoms with Gasteiger partial charge in [-0.3, -0.25) is 4.98 Å². The molecule has 0 amide bonds. The van der Waals surface area contributed by atoms with E-state index in [9.17, 15) is 0 Å². The molecule has 2 heterocycles. The summed E-state index contributed by atoms with van der Waals surface area (Å²) in [6, 6.07) is 26.3. The zero-order chi connectivity index (χ0) is 21.6. The Bertz CT molecular complexity index is 1390. The first-order chi connectivity index (χ1) is 14.9. The van der Waals surface area contributed by atoms with Gasteiger partial charge in [-0.2, -0.15) is 0 Å². The molecule has 5 rings (SSSR count). The van der Waals surface area contributed by atoms with E-state index in [1.807, 2.05) is 56.3 Å².